The van der Waals surface area contributed by atoms with Gasteiger partial charge in [0, 0.05) is 18.0 Å². The lowest BCUT2D eigenvalue weighted by Gasteiger charge is -2.13. The second-order valence-electron chi connectivity index (χ2n) is 4.21. The fraction of sp³-hybridized carbons (Fsp3) is 0.615. The van der Waals surface area contributed by atoms with E-state index >= 15 is 0 Å². The smallest absolute Gasteiger partial charge is 0.215 e. The summed E-state index contributed by atoms with van der Waals surface area (Å²) >= 11 is 0. The van der Waals surface area contributed by atoms with E-state index in [4.69, 9.17) is 10.5 Å². The summed E-state index contributed by atoms with van der Waals surface area (Å²) in [5, 5.41) is 0. The van der Waals surface area contributed by atoms with E-state index < -0.39 is 0 Å². The molecule has 0 aliphatic carbocycles. The molecule has 0 spiro atoms. The van der Waals surface area contributed by atoms with E-state index in [1.165, 1.54) is 25.7 Å². The molecule has 0 saturated carbocycles. The number of hydrogen-bond acceptors (Lipinski definition) is 3. The molecule has 3 heteroatoms. The van der Waals surface area contributed by atoms with Crippen LogP contribution in [0.4, 0.5) is 5.69 Å². The minimum atomic E-state index is 0.214. The molecule has 1 aromatic rings. The van der Waals surface area contributed by atoms with Crippen molar-refractivity contribution >= 4 is 5.69 Å². The number of aromatic nitrogens is 1. The number of ether oxygens (including phenoxy) is 1. The SMILES string of the molecule is CCCCCCC(C)Oc1cc(N)ccn1. The molecule has 0 amide bonds. The number of nitrogens with two attached hydrogens (primary N) is 1. The molecular weight excluding hydrogens is 200 g/mol. The van der Waals surface area contributed by atoms with Gasteiger partial charge < -0.3 is 10.5 Å². The molecule has 0 fully saturated rings. The number of nitrogen functional groups attached to an aromatic ring is 1. The zero-order valence-electron chi connectivity index (χ0n) is 10.3. The molecule has 90 valence electrons. The average Bonchev–Trinajstić information content (AvgIpc) is 2.24. The van der Waals surface area contributed by atoms with Crippen molar-refractivity contribution in [2.24, 2.45) is 0 Å². The molecule has 1 heterocycles. The molecule has 0 bridgehead atoms. The number of rotatable bonds is 7. The summed E-state index contributed by atoms with van der Waals surface area (Å²) in [5.41, 5.74) is 6.35. The van der Waals surface area contributed by atoms with E-state index in [1.807, 2.05) is 0 Å². The Kier molecular flexibility index (Phi) is 5.68. The minimum Gasteiger partial charge on any atom is -0.475 e. The molecule has 1 rings (SSSR count). The first-order valence-corrected chi connectivity index (χ1v) is 6.10. The average molecular weight is 222 g/mol. The van der Waals surface area contributed by atoms with Gasteiger partial charge in [0.25, 0.3) is 0 Å². The first-order valence-electron chi connectivity index (χ1n) is 6.10. The summed E-state index contributed by atoms with van der Waals surface area (Å²) in [7, 11) is 0. The van der Waals surface area contributed by atoms with Gasteiger partial charge in [-0.15, -0.1) is 0 Å². The summed E-state index contributed by atoms with van der Waals surface area (Å²) in [4.78, 5) is 4.12. The monoisotopic (exact) mass is 222 g/mol. The van der Waals surface area contributed by atoms with Crippen molar-refractivity contribution in [3.8, 4) is 5.88 Å². The molecule has 0 aromatic carbocycles. The highest BCUT2D eigenvalue weighted by molar-refractivity contribution is 5.39. The van der Waals surface area contributed by atoms with Gasteiger partial charge >= 0.3 is 0 Å². The van der Waals surface area contributed by atoms with Crippen LogP contribution in [0.5, 0.6) is 5.88 Å². The quantitative estimate of drug-likeness (QED) is 0.719. The Balaban J connectivity index is 2.25. The summed E-state index contributed by atoms with van der Waals surface area (Å²) in [6.07, 6.45) is 8.05. The summed E-state index contributed by atoms with van der Waals surface area (Å²) < 4.78 is 5.68. The van der Waals surface area contributed by atoms with Crippen molar-refractivity contribution in [2.75, 3.05) is 5.73 Å². The van der Waals surface area contributed by atoms with Gasteiger partial charge in [0.05, 0.1) is 6.10 Å². The first-order chi connectivity index (χ1) is 7.72. The van der Waals surface area contributed by atoms with Crippen LogP contribution >= 0.6 is 0 Å². The zero-order chi connectivity index (χ0) is 11.8. The normalized spacial score (nSPS) is 12.4. The number of nitrogens with zero attached hydrogens (tertiary/aromatic N) is 1. The maximum atomic E-state index is 5.68. The largest absolute Gasteiger partial charge is 0.475 e. The predicted molar refractivity (Wildman–Crippen MR) is 67.5 cm³/mol. The predicted octanol–water partition coefficient (Wildman–Crippen LogP) is 3.40. The Labute approximate surface area is 98.0 Å². The van der Waals surface area contributed by atoms with Crippen molar-refractivity contribution < 1.29 is 4.74 Å². The first kappa shape index (κ1) is 12.8. The highest BCUT2D eigenvalue weighted by Crippen LogP contribution is 2.15. The van der Waals surface area contributed by atoms with Crippen molar-refractivity contribution in [2.45, 2.75) is 52.1 Å². The number of unbranched alkanes of at least 4 members (excludes halogenated alkanes) is 3. The lowest BCUT2D eigenvalue weighted by molar-refractivity contribution is 0.198. The van der Waals surface area contributed by atoms with Crippen LogP contribution in [0.25, 0.3) is 0 Å². The van der Waals surface area contributed by atoms with Crippen LogP contribution in [0, 0.1) is 0 Å². The zero-order valence-corrected chi connectivity index (χ0v) is 10.3. The van der Waals surface area contributed by atoms with Crippen LogP contribution in [-0.2, 0) is 0 Å². The lowest BCUT2D eigenvalue weighted by Crippen LogP contribution is -2.12. The molecule has 0 aliphatic rings. The molecule has 16 heavy (non-hydrogen) atoms. The second-order valence-corrected chi connectivity index (χ2v) is 4.21. The lowest BCUT2D eigenvalue weighted by atomic mass is 10.1. The van der Waals surface area contributed by atoms with Crippen molar-refractivity contribution in [3.63, 3.8) is 0 Å². The standard InChI is InChI=1S/C13H22N2O/c1-3-4-5-6-7-11(2)16-13-10-12(14)8-9-15-13/h8-11H,3-7H2,1-2H3,(H2,14,15). The van der Waals surface area contributed by atoms with Gasteiger partial charge in [-0.3, -0.25) is 0 Å². The fourth-order valence-electron chi connectivity index (χ4n) is 1.61. The molecule has 2 N–H and O–H groups in total. The van der Waals surface area contributed by atoms with E-state index in [-0.39, 0.29) is 6.10 Å². The molecular formula is C13H22N2O. The number of pyridine rings is 1. The third-order valence-corrected chi connectivity index (χ3v) is 2.55. The Hall–Kier alpha value is -1.25. The maximum Gasteiger partial charge on any atom is 0.215 e. The molecule has 1 unspecified atom stereocenters. The van der Waals surface area contributed by atoms with Crippen molar-refractivity contribution in [1.82, 2.24) is 4.98 Å². The van der Waals surface area contributed by atoms with Gasteiger partial charge in [0.2, 0.25) is 5.88 Å². The molecule has 1 atom stereocenters. The minimum absolute atomic E-state index is 0.214. The molecule has 0 aliphatic heterocycles. The maximum absolute atomic E-state index is 5.68. The van der Waals surface area contributed by atoms with Crippen LogP contribution < -0.4 is 10.5 Å². The summed E-state index contributed by atoms with van der Waals surface area (Å²) in [6, 6.07) is 3.53. The van der Waals surface area contributed by atoms with Gasteiger partial charge in [-0.2, -0.15) is 0 Å². The fourth-order valence-corrected chi connectivity index (χ4v) is 1.61. The third kappa shape index (κ3) is 5.01. The van der Waals surface area contributed by atoms with Crippen LogP contribution in [0.15, 0.2) is 18.3 Å². The Morgan fingerprint density at radius 2 is 2.19 bits per heavy atom. The van der Waals surface area contributed by atoms with Crippen LogP contribution in [0.2, 0.25) is 0 Å². The van der Waals surface area contributed by atoms with E-state index in [9.17, 15) is 0 Å². The van der Waals surface area contributed by atoms with E-state index in [0.717, 1.165) is 6.42 Å². The highest BCUT2D eigenvalue weighted by Gasteiger charge is 2.04. The number of hydrogen-bond donors (Lipinski definition) is 1. The Morgan fingerprint density at radius 1 is 1.38 bits per heavy atom. The Morgan fingerprint density at radius 3 is 2.88 bits per heavy atom. The van der Waals surface area contributed by atoms with Gasteiger partial charge in [0.15, 0.2) is 0 Å². The van der Waals surface area contributed by atoms with E-state index in [1.54, 1.807) is 18.3 Å². The Bertz CT molecular complexity index is 302. The highest BCUT2D eigenvalue weighted by atomic mass is 16.5. The van der Waals surface area contributed by atoms with Crippen LogP contribution in [0.1, 0.15) is 46.0 Å². The molecule has 0 radical (unpaired) electrons. The third-order valence-electron chi connectivity index (χ3n) is 2.55. The summed E-state index contributed by atoms with van der Waals surface area (Å²) in [5.74, 6) is 0.628. The second kappa shape index (κ2) is 7.09. The van der Waals surface area contributed by atoms with E-state index in [0.29, 0.717) is 11.6 Å². The number of anilines is 1. The van der Waals surface area contributed by atoms with Crippen LogP contribution in [-0.4, -0.2) is 11.1 Å². The molecule has 3 nitrogen and oxygen atoms in total. The van der Waals surface area contributed by atoms with Gasteiger partial charge in [-0.25, -0.2) is 4.98 Å². The topological polar surface area (TPSA) is 48.1 Å². The summed E-state index contributed by atoms with van der Waals surface area (Å²) in [6.45, 7) is 4.30. The molecule has 1 aromatic heterocycles. The van der Waals surface area contributed by atoms with E-state index in [2.05, 4.69) is 18.8 Å². The van der Waals surface area contributed by atoms with Gasteiger partial charge in [0.1, 0.15) is 0 Å². The van der Waals surface area contributed by atoms with Gasteiger partial charge in [-0.05, 0) is 25.8 Å². The van der Waals surface area contributed by atoms with Crippen LogP contribution in [0.3, 0.4) is 0 Å². The van der Waals surface area contributed by atoms with Gasteiger partial charge in [-0.1, -0.05) is 26.2 Å². The molecule has 0 saturated heterocycles. The van der Waals surface area contributed by atoms with Crippen molar-refractivity contribution in [3.05, 3.63) is 18.3 Å². The van der Waals surface area contributed by atoms with Crippen molar-refractivity contribution in [1.29, 1.82) is 0 Å².